The first-order chi connectivity index (χ1) is 9.20. The molecule has 0 radical (unpaired) electrons. The Morgan fingerprint density at radius 2 is 2.42 bits per heavy atom. The molecule has 1 aliphatic heterocycles. The Kier molecular flexibility index (Phi) is 3.38. The summed E-state index contributed by atoms with van der Waals surface area (Å²) in [7, 11) is 2.15. The van der Waals surface area contributed by atoms with Crippen LogP contribution in [0.15, 0.2) is 23.0 Å². The summed E-state index contributed by atoms with van der Waals surface area (Å²) in [5.74, 6) is 2.80. The maximum absolute atomic E-state index is 5.10. The smallest absolute Gasteiger partial charge is 0.133 e. The second-order valence-corrected chi connectivity index (χ2v) is 5.53. The first kappa shape index (κ1) is 12.4. The molecule has 0 unspecified atom stereocenters. The minimum Gasteiger partial charge on any atom is -0.361 e. The van der Waals surface area contributed by atoms with Gasteiger partial charge in [0.1, 0.15) is 11.6 Å². The van der Waals surface area contributed by atoms with Crippen LogP contribution in [-0.2, 0) is 19.5 Å². The van der Waals surface area contributed by atoms with Crippen LogP contribution in [0, 0.1) is 12.8 Å². The van der Waals surface area contributed by atoms with Gasteiger partial charge in [-0.1, -0.05) is 5.16 Å². The van der Waals surface area contributed by atoms with Crippen LogP contribution < -0.4 is 0 Å². The Labute approximate surface area is 113 Å². The highest BCUT2D eigenvalue weighted by Gasteiger charge is 2.20. The van der Waals surface area contributed by atoms with Gasteiger partial charge in [0.15, 0.2) is 0 Å². The topological polar surface area (TPSA) is 47.1 Å². The molecule has 102 valence electrons. The van der Waals surface area contributed by atoms with Gasteiger partial charge >= 0.3 is 0 Å². The number of aromatic nitrogens is 3. The second-order valence-electron chi connectivity index (χ2n) is 5.53. The predicted octanol–water partition coefficient (Wildman–Crippen LogP) is 1.87. The highest BCUT2D eigenvalue weighted by molar-refractivity contribution is 5.03. The van der Waals surface area contributed by atoms with Crippen LogP contribution in [0.4, 0.5) is 0 Å². The lowest BCUT2D eigenvalue weighted by molar-refractivity contribution is 0.224. The van der Waals surface area contributed by atoms with Gasteiger partial charge in [0.05, 0.1) is 5.69 Å². The van der Waals surface area contributed by atoms with Gasteiger partial charge in [-0.3, -0.25) is 0 Å². The van der Waals surface area contributed by atoms with E-state index >= 15 is 0 Å². The number of imidazole rings is 1. The van der Waals surface area contributed by atoms with Crippen molar-refractivity contribution in [2.75, 3.05) is 13.6 Å². The highest BCUT2D eigenvalue weighted by atomic mass is 16.5. The van der Waals surface area contributed by atoms with E-state index in [1.165, 1.54) is 12.2 Å². The minimum atomic E-state index is 0.694. The molecule has 3 heterocycles. The van der Waals surface area contributed by atoms with Crippen LogP contribution in [-0.4, -0.2) is 33.2 Å². The Hall–Kier alpha value is -1.62. The molecule has 2 aromatic rings. The second kappa shape index (κ2) is 5.17. The van der Waals surface area contributed by atoms with Crippen molar-refractivity contribution in [2.45, 2.75) is 32.9 Å². The first-order valence-electron chi connectivity index (χ1n) is 6.81. The molecule has 5 nitrogen and oxygen atoms in total. The molecule has 0 bridgehead atoms. The molecule has 0 saturated heterocycles. The fourth-order valence-electron chi connectivity index (χ4n) is 2.86. The standard InChI is InChI=1S/C14H20N4O/c1-11-7-13(16-19-11)10-17(2)8-12-3-4-14-15-5-6-18(14)9-12/h5-7,12H,3-4,8-10H2,1-2H3/t12-/m0/s1. The van der Waals surface area contributed by atoms with Gasteiger partial charge in [0.25, 0.3) is 0 Å². The zero-order chi connectivity index (χ0) is 13.2. The lowest BCUT2D eigenvalue weighted by Crippen LogP contribution is -2.31. The number of hydrogen-bond acceptors (Lipinski definition) is 4. The monoisotopic (exact) mass is 260 g/mol. The number of hydrogen-bond donors (Lipinski definition) is 0. The third kappa shape index (κ3) is 2.87. The molecule has 1 aliphatic rings. The average Bonchev–Trinajstić information content (AvgIpc) is 2.97. The van der Waals surface area contributed by atoms with E-state index in [0.717, 1.165) is 37.5 Å². The van der Waals surface area contributed by atoms with Crippen molar-refractivity contribution in [1.82, 2.24) is 19.6 Å². The maximum atomic E-state index is 5.10. The van der Waals surface area contributed by atoms with E-state index in [1.807, 2.05) is 19.2 Å². The third-order valence-electron chi connectivity index (χ3n) is 3.71. The zero-order valence-electron chi connectivity index (χ0n) is 11.5. The fraction of sp³-hybridized carbons (Fsp3) is 0.571. The van der Waals surface area contributed by atoms with Crippen molar-refractivity contribution in [3.05, 3.63) is 35.7 Å². The Balaban J connectivity index is 1.54. The molecule has 19 heavy (non-hydrogen) atoms. The van der Waals surface area contributed by atoms with Gasteiger partial charge in [-0.2, -0.15) is 0 Å². The minimum absolute atomic E-state index is 0.694. The van der Waals surface area contributed by atoms with Crippen molar-refractivity contribution in [3.8, 4) is 0 Å². The molecule has 0 N–H and O–H groups in total. The molecule has 0 fully saturated rings. The maximum Gasteiger partial charge on any atom is 0.133 e. The zero-order valence-corrected chi connectivity index (χ0v) is 11.5. The molecule has 0 amide bonds. The summed E-state index contributed by atoms with van der Waals surface area (Å²) in [6.45, 7) is 4.95. The van der Waals surface area contributed by atoms with E-state index < -0.39 is 0 Å². The van der Waals surface area contributed by atoms with Gasteiger partial charge in [0.2, 0.25) is 0 Å². The van der Waals surface area contributed by atoms with Crippen molar-refractivity contribution in [2.24, 2.45) is 5.92 Å². The van der Waals surface area contributed by atoms with Gasteiger partial charge in [0, 0.05) is 44.5 Å². The highest BCUT2D eigenvalue weighted by Crippen LogP contribution is 2.19. The number of rotatable bonds is 4. The van der Waals surface area contributed by atoms with Crippen LogP contribution in [0.3, 0.4) is 0 Å². The molecular formula is C14H20N4O. The SMILES string of the molecule is Cc1cc(CN(C)C[C@@H]2CCc3nccn3C2)no1. The van der Waals surface area contributed by atoms with E-state index in [0.29, 0.717) is 5.92 Å². The lowest BCUT2D eigenvalue weighted by Gasteiger charge is -2.27. The van der Waals surface area contributed by atoms with Crippen LogP contribution in [0.5, 0.6) is 0 Å². The largest absolute Gasteiger partial charge is 0.361 e. The van der Waals surface area contributed by atoms with Crippen LogP contribution in [0.1, 0.15) is 23.7 Å². The van der Waals surface area contributed by atoms with E-state index in [2.05, 4.69) is 32.9 Å². The van der Waals surface area contributed by atoms with Crippen molar-refractivity contribution < 1.29 is 4.52 Å². The molecule has 0 saturated carbocycles. The predicted molar refractivity (Wildman–Crippen MR) is 71.6 cm³/mol. The fourth-order valence-corrected chi connectivity index (χ4v) is 2.86. The summed E-state index contributed by atoms with van der Waals surface area (Å²) in [5.41, 5.74) is 1.01. The summed E-state index contributed by atoms with van der Waals surface area (Å²) in [6, 6.07) is 2.01. The summed E-state index contributed by atoms with van der Waals surface area (Å²) < 4.78 is 7.38. The van der Waals surface area contributed by atoms with Gasteiger partial charge in [-0.25, -0.2) is 4.98 Å². The Bertz CT molecular complexity index is 545. The molecule has 2 aromatic heterocycles. The molecule has 0 aliphatic carbocycles. The Morgan fingerprint density at radius 3 is 3.21 bits per heavy atom. The van der Waals surface area contributed by atoms with Crippen molar-refractivity contribution in [1.29, 1.82) is 0 Å². The number of fused-ring (bicyclic) bond motifs is 1. The van der Waals surface area contributed by atoms with Gasteiger partial charge in [-0.05, 0) is 26.3 Å². The summed E-state index contributed by atoms with van der Waals surface area (Å²) in [6.07, 6.45) is 6.30. The Morgan fingerprint density at radius 1 is 1.53 bits per heavy atom. The van der Waals surface area contributed by atoms with Crippen LogP contribution in [0.2, 0.25) is 0 Å². The molecule has 3 rings (SSSR count). The van der Waals surface area contributed by atoms with E-state index in [4.69, 9.17) is 4.52 Å². The number of nitrogens with zero attached hydrogens (tertiary/aromatic N) is 4. The van der Waals surface area contributed by atoms with Crippen molar-refractivity contribution in [3.63, 3.8) is 0 Å². The quantitative estimate of drug-likeness (QED) is 0.842. The van der Waals surface area contributed by atoms with Gasteiger partial charge < -0.3 is 14.0 Å². The van der Waals surface area contributed by atoms with Crippen molar-refractivity contribution >= 4 is 0 Å². The molecule has 0 aromatic carbocycles. The average molecular weight is 260 g/mol. The summed E-state index contributed by atoms with van der Waals surface area (Å²) >= 11 is 0. The molecule has 0 spiro atoms. The number of aryl methyl sites for hydroxylation is 2. The van der Waals surface area contributed by atoms with E-state index in [1.54, 1.807) is 0 Å². The van der Waals surface area contributed by atoms with Crippen LogP contribution in [0.25, 0.3) is 0 Å². The summed E-state index contributed by atoms with van der Waals surface area (Å²) in [5, 5.41) is 4.04. The van der Waals surface area contributed by atoms with E-state index in [-0.39, 0.29) is 0 Å². The molecule has 1 atom stereocenters. The molecule has 5 heteroatoms. The van der Waals surface area contributed by atoms with E-state index in [9.17, 15) is 0 Å². The van der Waals surface area contributed by atoms with Gasteiger partial charge in [-0.15, -0.1) is 0 Å². The molecular weight excluding hydrogens is 240 g/mol. The first-order valence-corrected chi connectivity index (χ1v) is 6.81. The lowest BCUT2D eigenvalue weighted by atomic mass is 9.99. The summed E-state index contributed by atoms with van der Waals surface area (Å²) in [4.78, 5) is 6.69. The normalized spacial score (nSPS) is 18.8. The van der Waals surface area contributed by atoms with Crippen LogP contribution >= 0.6 is 0 Å². The third-order valence-corrected chi connectivity index (χ3v) is 3.71.